The summed E-state index contributed by atoms with van der Waals surface area (Å²) >= 11 is 0. The molecule has 9 heavy (non-hydrogen) atoms. The predicted molar refractivity (Wildman–Crippen MR) is 12.2 cm³/mol. The van der Waals surface area contributed by atoms with Crippen molar-refractivity contribution in [2.45, 2.75) is 6.18 Å². The number of carbonyl (C=O) groups is 1. The molecule has 0 aliphatic rings. The molecule has 0 fully saturated rings. The maximum Gasteiger partial charge on any atom is 1.00 e. The van der Waals surface area contributed by atoms with E-state index in [9.17, 15) is 13.2 Å². The first-order chi connectivity index (χ1) is 2.94. The van der Waals surface area contributed by atoms with E-state index < -0.39 is 12.1 Å². The smallest absolute Gasteiger partial charge is 1.00 e. The van der Waals surface area contributed by atoms with E-state index in [1.54, 1.807) is 0 Å². The number of carboxylic acids is 1. The number of hydrogen-bond acceptors (Lipinski definition) is 2. The van der Waals surface area contributed by atoms with Crippen LogP contribution in [0.1, 0.15) is 1.43 Å². The predicted octanol–water partition coefficient (Wildman–Crippen LogP) is -3.59. The van der Waals surface area contributed by atoms with Gasteiger partial charge in [-0.3, -0.25) is 0 Å². The second-order valence-corrected chi connectivity index (χ2v) is 0.785. The molecule has 7 heteroatoms. The molecule has 0 radical (unpaired) electrons. The van der Waals surface area contributed by atoms with Crippen molar-refractivity contribution in [3.05, 3.63) is 0 Å². The Hall–Kier alpha value is 0.290. The molecule has 0 aromatic rings. The summed E-state index contributed by atoms with van der Waals surface area (Å²) < 4.78 is 31.5. The van der Waals surface area contributed by atoms with Gasteiger partial charge in [-0.25, -0.2) is 0 Å². The van der Waals surface area contributed by atoms with Crippen LogP contribution in [-0.4, -0.2) is 12.1 Å². The molecule has 2 nitrogen and oxygen atoms in total. The van der Waals surface area contributed by atoms with Gasteiger partial charge in [0, 0.05) is 0 Å². The SMILES string of the molecule is O=C([O-])C(F)(F)F.[Ag+].[Cl-].[H+]. The molecule has 0 atom stereocenters. The van der Waals surface area contributed by atoms with Gasteiger partial charge in [0.05, 0.1) is 0 Å². The number of alkyl halides is 3. The third kappa shape index (κ3) is 8.29. The third-order valence-electron chi connectivity index (χ3n) is 0.231. The molecule has 0 aromatic carbocycles. The van der Waals surface area contributed by atoms with Crippen molar-refractivity contribution in [2.75, 3.05) is 0 Å². The minimum Gasteiger partial charge on any atom is -1.00 e. The van der Waals surface area contributed by atoms with E-state index in [2.05, 4.69) is 0 Å². The van der Waals surface area contributed by atoms with Gasteiger partial charge in [0.1, 0.15) is 5.97 Å². The first kappa shape index (κ1) is 16.1. The summed E-state index contributed by atoms with van der Waals surface area (Å²) in [6.45, 7) is 0. The molecular weight excluding hydrogens is 256 g/mol. The maximum absolute atomic E-state index is 10.5. The van der Waals surface area contributed by atoms with E-state index in [0.29, 0.717) is 0 Å². The van der Waals surface area contributed by atoms with Gasteiger partial charge in [0.2, 0.25) is 0 Å². The minimum absolute atomic E-state index is 0. The molecule has 60 valence electrons. The van der Waals surface area contributed by atoms with Crippen LogP contribution < -0.4 is 17.5 Å². The van der Waals surface area contributed by atoms with E-state index in [0.717, 1.165) is 0 Å². The summed E-state index contributed by atoms with van der Waals surface area (Å²) in [5, 5.41) is 8.78. The Morgan fingerprint density at radius 3 is 1.56 bits per heavy atom. The van der Waals surface area contributed by atoms with Crippen molar-refractivity contribution in [1.29, 1.82) is 0 Å². The zero-order valence-corrected chi connectivity index (χ0v) is 5.87. The Morgan fingerprint density at radius 1 is 1.44 bits per heavy atom. The quantitative estimate of drug-likeness (QED) is 0.421. The zero-order chi connectivity index (χ0) is 6.08. The molecule has 0 bridgehead atoms. The van der Waals surface area contributed by atoms with E-state index in [-0.39, 0.29) is 36.2 Å². The first-order valence-corrected chi connectivity index (χ1v) is 1.23. The Labute approximate surface area is 71.8 Å². The molecule has 0 amide bonds. The number of halogens is 4. The molecule has 0 spiro atoms. The van der Waals surface area contributed by atoms with Crippen LogP contribution in [0.25, 0.3) is 0 Å². The third-order valence-corrected chi connectivity index (χ3v) is 0.231. The first-order valence-electron chi connectivity index (χ1n) is 1.23. The van der Waals surface area contributed by atoms with E-state index in [1.165, 1.54) is 0 Å². The summed E-state index contributed by atoms with van der Waals surface area (Å²) in [7, 11) is 0. The van der Waals surface area contributed by atoms with Crippen LogP contribution in [0, 0.1) is 0 Å². The van der Waals surface area contributed by atoms with Gasteiger partial charge >= 0.3 is 30.0 Å². The molecule has 0 N–H and O–H groups in total. The molecule has 0 unspecified atom stereocenters. The molecule has 0 aromatic heterocycles. The van der Waals surface area contributed by atoms with Gasteiger partial charge in [-0.05, 0) is 0 Å². The summed E-state index contributed by atoms with van der Waals surface area (Å²) in [4.78, 5) is 8.78. The van der Waals surface area contributed by atoms with Gasteiger partial charge < -0.3 is 22.3 Å². The number of aliphatic carboxylic acids is 1. The fourth-order valence-electron chi connectivity index (χ4n) is 0. The van der Waals surface area contributed by atoms with Crippen molar-refractivity contribution in [3.63, 3.8) is 0 Å². The standard InChI is InChI=1S/C2HF3O2.Ag.ClH/c3-2(4,5)1(6)7;;/h(H,6,7);;1H/q;+1;/p-1. The van der Waals surface area contributed by atoms with Crippen molar-refractivity contribution >= 4 is 5.97 Å². The molecular formula is C2HAgClF3O2. The van der Waals surface area contributed by atoms with Crippen LogP contribution in [-0.2, 0) is 27.2 Å². The number of carbonyl (C=O) groups excluding carboxylic acids is 1. The van der Waals surface area contributed by atoms with Crippen molar-refractivity contribution in [2.24, 2.45) is 0 Å². The van der Waals surface area contributed by atoms with Gasteiger partial charge in [-0.15, -0.1) is 0 Å². The van der Waals surface area contributed by atoms with Crippen molar-refractivity contribution in [1.82, 2.24) is 0 Å². The fourth-order valence-corrected chi connectivity index (χ4v) is 0. The van der Waals surface area contributed by atoms with E-state index >= 15 is 0 Å². The molecule has 0 saturated heterocycles. The van der Waals surface area contributed by atoms with Crippen LogP contribution in [0.4, 0.5) is 13.2 Å². The topological polar surface area (TPSA) is 40.1 Å². The van der Waals surface area contributed by atoms with Crippen LogP contribution in [0.5, 0.6) is 0 Å². The van der Waals surface area contributed by atoms with Crippen LogP contribution >= 0.6 is 0 Å². The summed E-state index contributed by atoms with van der Waals surface area (Å²) in [5.74, 6) is -3.01. The van der Waals surface area contributed by atoms with Crippen LogP contribution in [0.15, 0.2) is 0 Å². The summed E-state index contributed by atoms with van der Waals surface area (Å²) in [6.07, 6.45) is -5.19. The average Bonchev–Trinajstić information content (AvgIpc) is 1.31. The molecule has 0 rings (SSSR count). The molecule has 0 aliphatic carbocycles. The van der Waals surface area contributed by atoms with Crippen molar-refractivity contribution < 1.29 is 59.3 Å². The Balaban J connectivity index is -0.0000000600. The van der Waals surface area contributed by atoms with Crippen molar-refractivity contribution in [3.8, 4) is 0 Å². The van der Waals surface area contributed by atoms with Gasteiger partial charge in [-0.1, -0.05) is 0 Å². The molecule has 0 heterocycles. The van der Waals surface area contributed by atoms with Gasteiger partial charge in [0.25, 0.3) is 0 Å². The van der Waals surface area contributed by atoms with E-state index in [4.69, 9.17) is 9.90 Å². The number of rotatable bonds is 0. The Kier molecular flexibility index (Phi) is 9.15. The average molecular weight is 257 g/mol. The largest absolute Gasteiger partial charge is 1.00 e. The summed E-state index contributed by atoms with van der Waals surface area (Å²) in [5.41, 5.74) is 0. The number of carboxylic acid groups (broad SMARTS) is 1. The Morgan fingerprint density at radius 2 is 1.56 bits per heavy atom. The fraction of sp³-hybridized carbons (Fsp3) is 0.500. The van der Waals surface area contributed by atoms with Crippen LogP contribution in [0.3, 0.4) is 0 Å². The summed E-state index contributed by atoms with van der Waals surface area (Å²) in [6, 6.07) is 0. The molecule has 0 aliphatic heterocycles. The normalized spacial score (nSPS) is 8.78. The monoisotopic (exact) mass is 256 g/mol. The van der Waals surface area contributed by atoms with Crippen LogP contribution in [0.2, 0.25) is 0 Å². The maximum atomic E-state index is 10.5. The second kappa shape index (κ2) is 5.11. The zero-order valence-electron chi connectivity index (χ0n) is 4.63. The second-order valence-electron chi connectivity index (χ2n) is 0.785. The number of hydrogen-bond donors (Lipinski definition) is 0. The Bertz CT molecular complexity index is 97.0. The van der Waals surface area contributed by atoms with Gasteiger partial charge in [0.15, 0.2) is 0 Å². The van der Waals surface area contributed by atoms with Gasteiger partial charge in [-0.2, -0.15) is 13.2 Å². The minimum atomic E-state index is -5.19. The molecule has 0 saturated carbocycles. The van der Waals surface area contributed by atoms with E-state index in [1.807, 2.05) is 0 Å².